The summed E-state index contributed by atoms with van der Waals surface area (Å²) in [6.45, 7) is 3.84. The first-order valence-corrected chi connectivity index (χ1v) is 6.97. The van der Waals surface area contributed by atoms with E-state index < -0.39 is 0 Å². The molecule has 0 fully saturated rings. The van der Waals surface area contributed by atoms with E-state index in [1.165, 1.54) is 0 Å². The van der Waals surface area contributed by atoms with Gasteiger partial charge in [-0.05, 0) is 32.3 Å². The molecule has 0 aliphatic rings. The Labute approximate surface area is 124 Å². The third-order valence-corrected chi connectivity index (χ3v) is 3.27. The van der Waals surface area contributed by atoms with Crippen LogP contribution in [0, 0.1) is 5.41 Å². The minimum Gasteiger partial charge on any atom is -0.491 e. The van der Waals surface area contributed by atoms with Crippen LogP contribution in [0.25, 0.3) is 0 Å². The Morgan fingerprint density at radius 1 is 1.37 bits per heavy atom. The molecule has 1 N–H and O–H groups in total. The minimum absolute atomic E-state index is 0.0173. The van der Waals surface area contributed by atoms with Gasteiger partial charge >= 0.3 is 0 Å². The highest BCUT2D eigenvalue weighted by Gasteiger charge is 2.15. The van der Waals surface area contributed by atoms with E-state index in [-0.39, 0.29) is 6.10 Å². The van der Waals surface area contributed by atoms with Gasteiger partial charge in [0.1, 0.15) is 0 Å². The molecular weight excluding hydrogens is 285 g/mol. The van der Waals surface area contributed by atoms with Crippen LogP contribution in [0.4, 0.5) is 0 Å². The molecule has 3 nitrogen and oxygen atoms in total. The third-order valence-electron chi connectivity index (χ3n) is 2.77. The largest absolute Gasteiger partial charge is 0.491 e. The van der Waals surface area contributed by atoms with Crippen molar-refractivity contribution in [2.45, 2.75) is 39.2 Å². The highest BCUT2D eigenvalue weighted by molar-refractivity contribution is 6.35. The maximum atomic E-state index is 7.47. The SMILES string of the molecule is CCC(CCC(C)=N)Oc1cc(Cl)cc(Cl)c1OC. The van der Waals surface area contributed by atoms with E-state index in [1.54, 1.807) is 26.2 Å². The van der Waals surface area contributed by atoms with Crippen LogP contribution in [0.1, 0.15) is 33.1 Å². The quantitative estimate of drug-likeness (QED) is 0.722. The topological polar surface area (TPSA) is 42.3 Å². The van der Waals surface area contributed by atoms with Gasteiger partial charge in [0.05, 0.1) is 18.2 Å². The van der Waals surface area contributed by atoms with Gasteiger partial charge in [-0.2, -0.15) is 0 Å². The van der Waals surface area contributed by atoms with Crippen LogP contribution < -0.4 is 9.47 Å². The predicted octanol–water partition coefficient (Wildman–Crippen LogP) is 4.98. The van der Waals surface area contributed by atoms with E-state index in [2.05, 4.69) is 0 Å². The molecule has 0 aliphatic heterocycles. The highest BCUT2D eigenvalue weighted by Crippen LogP contribution is 2.38. The molecule has 5 heteroatoms. The zero-order valence-electron chi connectivity index (χ0n) is 11.4. The summed E-state index contributed by atoms with van der Waals surface area (Å²) >= 11 is 12.0. The Morgan fingerprint density at radius 3 is 2.58 bits per heavy atom. The molecule has 1 atom stereocenters. The normalized spacial score (nSPS) is 12.1. The lowest BCUT2D eigenvalue weighted by Gasteiger charge is -2.20. The molecule has 0 heterocycles. The van der Waals surface area contributed by atoms with Crippen LogP contribution in [0.2, 0.25) is 10.0 Å². The van der Waals surface area contributed by atoms with Gasteiger partial charge in [-0.15, -0.1) is 0 Å². The Balaban J connectivity index is 2.86. The summed E-state index contributed by atoms with van der Waals surface area (Å²) in [5.41, 5.74) is 0.651. The molecule has 0 radical (unpaired) electrons. The van der Waals surface area contributed by atoms with Crippen LogP contribution in [0.15, 0.2) is 12.1 Å². The van der Waals surface area contributed by atoms with Gasteiger partial charge in [0.2, 0.25) is 0 Å². The van der Waals surface area contributed by atoms with Crippen LogP contribution in [0.3, 0.4) is 0 Å². The Kier molecular flexibility index (Phi) is 6.46. The molecule has 1 rings (SSSR count). The molecule has 0 saturated carbocycles. The van der Waals surface area contributed by atoms with E-state index in [9.17, 15) is 0 Å². The second-order valence-electron chi connectivity index (χ2n) is 4.39. The number of halogens is 2. The summed E-state index contributed by atoms with van der Waals surface area (Å²) in [6.07, 6.45) is 2.37. The van der Waals surface area contributed by atoms with Crippen molar-refractivity contribution in [3.8, 4) is 11.5 Å². The molecule has 0 aromatic heterocycles. The number of benzene rings is 1. The lowest BCUT2D eigenvalue weighted by atomic mass is 10.1. The van der Waals surface area contributed by atoms with Crippen LogP contribution in [-0.2, 0) is 0 Å². The fraction of sp³-hybridized carbons (Fsp3) is 0.500. The lowest BCUT2D eigenvalue weighted by Crippen LogP contribution is -2.17. The summed E-state index contributed by atoms with van der Waals surface area (Å²) in [7, 11) is 1.55. The van der Waals surface area contributed by atoms with E-state index in [4.69, 9.17) is 38.1 Å². The van der Waals surface area contributed by atoms with E-state index >= 15 is 0 Å². The van der Waals surface area contributed by atoms with Gasteiger partial charge in [0.15, 0.2) is 11.5 Å². The lowest BCUT2D eigenvalue weighted by molar-refractivity contribution is 0.181. The van der Waals surface area contributed by atoms with Crippen molar-refractivity contribution in [3.05, 3.63) is 22.2 Å². The summed E-state index contributed by atoms with van der Waals surface area (Å²) in [6, 6.07) is 3.32. The molecule has 0 bridgehead atoms. The number of nitrogens with one attached hydrogen (secondary N) is 1. The average molecular weight is 304 g/mol. The predicted molar refractivity (Wildman–Crippen MR) is 80.4 cm³/mol. The van der Waals surface area contributed by atoms with E-state index in [0.29, 0.717) is 27.3 Å². The van der Waals surface area contributed by atoms with Gasteiger partial charge in [-0.25, -0.2) is 0 Å². The van der Waals surface area contributed by atoms with Crippen LogP contribution >= 0.6 is 23.2 Å². The number of ether oxygens (including phenoxy) is 2. The first-order chi connectivity index (χ1) is 8.97. The van der Waals surface area contributed by atoms with E-state index in [1.807, 2.05) is 6.92 Å². The molecule has 0 spiro atoms. The minimum atomic E-state index is 0.0173. The highest BCUT2D eigenvalue weighted by atomic mass is 35.5. The van der Waals surface area contributed by atoms with Gasteiger partial charge in [-0.1, -0.05) is 30.1 Å². The van der Waals surface area contributed by atoms with Crippen molar-refractivity contribution in [1.29, 1.82) is 5.41 Å². The number of hydrogen-bond donors (Lipinski definition) is 1. The monoisotopic (exact) mass is 303 g/mol. The first-order valence-electron chi connectivity index (χ1n) is 6.21. The number of methoxy groups -OCH3 is 1. The second-order valence-corrected chi connectivity index (χ2v) is 5.23. The van der Waals surface area contributed by atoms with Gasteiger partial charge in [-0.3, -0.25) is 0 Å². The molecule has 0 saturated heterocycles. The first kappa shape index (κ1) is 16.1. The van der Waals surface area contributed by atoms with Gasteiger partial charge in [0, 0.05) is 16.8 Å². The van der Waals surface area contributed by atoms with Crippen LogP contribution in [0.5, 0.6) is 11.5 Å². The summed E-state index contributed by atoms with van der Waals surface area (Å²) in [4.78, 5) is 0. The number of hydrogen-bond acceptors (Lipinski definition) is 3. The molecule has 0 aliphatic carbocycles. The smallest absolute Gasteiger partial charge is 0.179 e. The van der Waals surface area contributed by atoms with Crippen molar-refractivity contribution in [3.63, 3.8) is 0 Å². The fourth-order valence-electron chi connectivity index (χ4n) is 1.73. The van der Waals surface area contributed by atoms with Gasteiger partial charge < -0.3 is 14.9 Å². The summed E-state index contributed by atoms with van der Waals surface area (Å²) in [5.74, 6) is 1.05. The fourth-order valence-corrected chi connectivity index (χ4v) is 2.28. The third kappa shape index (κ3) is 4.92. The van der Waals surface area contributed by atoms with Crippen molar-refractivity contribution in [2.75, 3.05) is 7.11 Å². The van der Waals surface area contributed by atoms with Crippen molar-refractivity contribution < 1.29 is 9.47 Å². The average Bonchev–Trinajstić information content (AvgIpc) is 2.33. The second kappa shape index (κ2) is 7.61. The van der Waals surface area contributed by atoms with Crippen molar-refractivity contribution in [2.24, 2.45) is 0 Å². The molecule has 106 valence electrons. The summed E-state index contributed by atoms with van der Waals surface area (Å²) < 4.78 is 11.2. The maximum absolute atomic E-state index is 7.47. The van der Waals surface area contributed by atoms with E-state index in [0.717, 1.165) is 19.3 Å². The summed E-state index contributed by atoms with van der Waals surface area (Å²) in [5, 5.41) is 8.41. The van der Waals surface area contributed by atoms with Crippen LogP contribution in [-0.4, -0.2) is 18.9 Å². The Hall–Kier alpha value is -0.930. The molecular formula is C14H19Cl2NO2. The molecule has 1 unspecified atom stereocenters. The number of rotatable bonds is 7. The van der Waals surface area contributed by atoms with Crippen molar-refractivity contribution >= 4 is 28.9 Å². The Morgan fingerprint density at radius 2 is 2.05 bits per heavy atom. The Bertz CT molecular complexity index is 449. The maximum Gasteiger partial charge on any atom is 0.179 e. The zero-order chi connectivity index (χ0) is 14.4. The van der Waals surface area contributed by atoms with Crippen molar-refractivity contribution in [1.82, 2.24) is 0 Å². The molecule has 19 heavy (non-hydrogen) atoms. The standard InChI is InChI=1S/C14H19Cl2NO2/c1-4-11(6-5-9(2)17)19-13-8-10(15)7-12(16)14(13)18-3/h7-8,11,17H,4-6H2,1-3H3. The molecule has 1 aromatic carbocycles. The molecule has 0 amide bonds. The molecule has 1 aromatic rings. The zero-order valence-corrected chi connectivity index (χ0v) is 12.9. The van der Waals surface area contributed by atoms with Gasteiger partial charge in [0.25, 0.3) is 0 Å².